The van der Waals surface area contributed by atoms with Crippen LogP contribution < -0.4 is 11.1 Å². The highest BCUT2D eigenvalue weighted by Crippen LogP contribution is 2.30. The zero-order valence-electron chi connectivity index (χ0n) is 10.5. The molecule has 3 nitrogen and oxygen atoms in total. The molecule has 1 saturated heterocycles. The van der Waals surface area contributed by atoms with E-state index in [1.165, 1.54) is 11.1 Å². The fourth-order valence-electron chi connectivity index (χ4n) is 2.42. The van der Waals surface area contributed by atoms with Crippen molar-refractivity contribution in [2.24, 2.45) is 0 Å². The molecule has 0 radical (unpaired) electrons. The summed E-state index contributed by atoms with van der Waals surface area (Å²) in [5.74, 6) is 0.929. The van der Waals surface area contributed by atoms with Crippen molar-refractivity contribution in [3.8, 4) is 0 Å². The molecule has 1 atom stereocenters. The summed E-state index contributed by atoms with van der Waals surface area (Å²) in [6.45, 7) is 5.07. The summed E-state index contributed by atoms with van der Waals surface area (Å²) in [5, 5.41) is 2.87. The predicted octanol–water partition coefficient (Wildman–Crippen LogP) is 2.39. The van der Waals surface area contributed by atoms with Gasteiger partial charge in [-0.1, -0.05) is 26.0 Å². The Kier molecular flexibility index (Phi) is 3.36. The van der Waals surface area contributed by atoms with Gasteiger partial charge < -0.3 is 11.1 Å². The second-order valence-corrected chi connectivity index (χ2v) is 5.08. The molecule has 1 aromatic carbocycles. The lowest BCUT2D eigenvalue weighted by Crippen LogP contribution is -2.32. The van der Waals surface area contributed by atoms with Crippen LogP contribution in [0.15, 0.2) is 18.2 Å². The van der Waals surface area contributed by atoms with Gasteiger partial charge in [0.05, 0.1) is 0 Å². The van der Waals surface area contributed by atoms with E-state index in [1.807, 2.05) is 6.07 Å². The standard InChI is InChI=1S/C14H20N2O/c1-9(2)12-7-10(3-4-13(12)15)11-5-6-16-14(17)8-11/h3-4,7,9,11H,5-6,8,15H2,1-2H3,(H,16,17)/t11-/m1/s1. The quantitative estimate of drug-likeness (QED) is 0.769. The number of amides is 1. The number of carbonyl (C=O) groups is 1. The van der Waals surface area contributed by atoms with Crippen LogP contribution in [0.2, 0.25) is 0 Å². The number of benzene rings is 1. The summed E-state index contributed by atoms with van der Waals surface area (Å²) in [7, 11) is 0. The number of nitrogens with one attached hydrogen (secondary N) is 1. The molecule has 1 amide bonds. The molecular formula is C14H20N2O. The molecule has 0 saturated carbocycles. The summed E-state index contributed by atoms with van der Waals surface area (Å²) in [5.41, 5.74) is 9.26. The zero-order valence-corrected chi connectivity index (χ0v) is 10.5. The van der Waals surface area contributed by atoms with E-state index >= 15 is 0 Å². The summed E-state index contributed by atoms with van der Waals surface area (Å²) in [6, 6.07) is 6.20. The first-order valence-corrected chi connectivity index (χ1v) is 6.24. The van der Waals surface area contributed by atoms with Crippen molar-refractivity contribution in [3.63, 3.8) is 0 Å². The van der Waals surface area contributed by atoms with E-state index in [2.05, 4.69) is 31.3 Å². The molecule has 1 aliphatic rings. The Morgan fingerprint density at radius 1 is 1.41 bits per heavy atom. The van der Waals surface area contributed by atoms with Crippen LogP contribution in [-0.2, 0) is 4.79 Å². The van der Waals surface area contributed by atoms with Crippen molar-refractivity contribution in [1.29, 1.82) is 0 Å². The third-order valence-electron chi connectivity index (χ3n) is 3.45. The van der Waals surface area contributed by atoms with Gasteiger partial charge in [-0.3, -0.25) is 4.79 Å². The zero-order chi connectivity index (χ0) is 12.4. The van der Waals surface area contributed by atoms with Gasteiger partial charge in [0.1, 0.15) is 0 Å². The van der Waals surface area contributed by atoms with Crippen molar-refractivity contribution >= 4 is 11.6 Å². The normalized spacial score (nSPS) is 20.4. The van der Waals surface area contributed by atoms with E-state index in [4.69, 9.17) is 5.73 Å². The number of nitrogens with two attached hydrogens (primary N) is 1. The van der Waals surface area contributed by atoms with Gasteiger partial charge in [-0.25, -0.2) is 0 Å². The average Bonchev–Trinajstić information content (AvgIpc) is 2.29. The molecule has 0 aromatic heterocycles. The second kappa shape index (κ2) is 4.78. The lowest BCUT2D eigenvalue weighted by Gasteiger charge is -2.23. The molecule has 0 bridgehead atoms. The molecule has 1 aliphatic heterocycles. The van der Waals surface area contributed by atoms with Crippen LogP contribution >= 0.6 is 0 Å². The largest absolute Gasteiger partial charge is 0.398 e. The fourth-order valence-corrected chi connectivity index (χ4v) is 2.42. The van der Waals surface area contributed by atoms with Crippen LogP contribution in [0.3, 0.4) is 0 Å². The van der Waals surface area contributed by atoms with E-state index in [9.17, 15) is 4.79 Å². The molecule has 1 aromatic rings. The first-order chi connectivity index (χ1) is 8.08. The number of hydrogen-bond donors (Lipinski definition) is 2. The van der Waals surface area contributed by atoms with Crippen molar-refractivity contribution in [2.75, 3.05) is 12.3 Å². The van der Waals surface area contributed by atoms with Crippen LogP contribution in [0.1, 0.15) is 49.7 Å². The second-order valence-electron chi connectivity index (χ2n) is 5.08. The third kappa shape index (κ3) is 2.60. The molecule has 1 heterocycles. The minimum absolute atomic E-state index is 0.157. The van der Waals surface area contributed by atoms with Crippen LogP contribution in [0.25, 0.3) is 0 Å². The van der Waals surface area contributed by atoms with E-state index in [0.717, 1.165) is 18.7 Å². The highest BCUT2D eigenvalue weighted by Gasteiger charge is 2.21. The van der Waals surface area contributed by atoms with Crippen LogP contribution in [-0.4, -0.2) is 12.5 Å². The van der Waals surface area contributed by atoms with E-state index in [1.54, 1.807) is 0 Å². The number of carbonyl (C=O) groups excluding carboxylic acids is 1. The molecule has 3 N–H and O–H groups in total. The molecule has 17 heavy (non-hydrogen) atoms. The SMILES string of the molecule is CC(C)c1cc([C@@H]2CCNC(=O)C2)ccc1N. The van der Waals surface area contributed by atoms with E-state index in [0.29, 0.717) is 18.3 Å². The first-order valence-electron chi connectivity index (χ1n) is 6.24. The van der Waals surface area contributed by atoms with Gasteiger partial charge in [0.15, 0.2) is 0 Å². The number of rotatable bonds is 2. The molecule has 0 spiro atoms. The number of anilines is 1. The minimum Gasteiger partial charge on any atom is -0.398 e. The summed E-state index contributed by atoms with van der Waals surface area (Å²) in [4.78, 5) is 11.4. The van der Waals surface area contributed by atoms with Crippen molar-refractivity contribution in [3.05, 3.63) is 29.3 Å². The Morgan fingerprint density at radius 3 is 2.82 bits per heavy atom. The Balaban J connectivity index is 2.26. The molecule has 3 heteroatoms. The molecule has 1 fully saturated rings. The van der Waals surface area contributed by atoms with Gasteiger partial charge >= 0.3 is 0 Å². The smallest absolute Gasteiger partial charge is 0.220 e. The summed E-state index contributed by atoms with van der Waals surface area (Å²) < 4.78 is 0. The topological polar surface area (TPSA) is 55.1 Å². The van der Waals surface area contributed by atoms with Crippen molar-refractivity contribution in [2.45, 2.75) is 38.5 Å². The average molecular weight is 232 g/mol. The molecular weight excluding hydrogens is 212 g/mol. The Morgan fingerprint density at radius 2 is 2.18 bits per heavy atom. The Labute approximate surface area is 102 Å². The minimum atomic E-state index is 0.157. The Hall–Kier alpha value is -1.51. The van der Waals surface area contributed by atoms with Gasteiger partial charge in [-0.15, -0.1) is 0 Å². The van der Waals surface area contributed by atoms with Crippen LogP contribution in [0, 0.1) is 0 Å². The molecule has 0 unspecified atom stereocenters. The number of piperidine rings is 1. The van der Waals surface area contributed by atoms with Crippen LogP contribution in [0.4, 0.5) is 5.69 Å². The monoisotopic (exact) mass is 232 g/mol. The molecule has 2 rings (SSSR count). The number of nitrogen functional groups attached to an aromatic ring is 1. The van der Waals surface area contributed by atoms with Gasteiger partial charge in [0.2, 0.25) is 5.91 Å². The van der Waals surface area contributed by atoms with E-state index in [-0.39, 0.29) is 5.91 Å². The lowest BCUT2D eigenvalue weighted by atomic mass is 9.87. The van der Waals surface area contributed by atoms with Gasteiger partial charge in [0, 0.05) is 18.7 Å². The fraction of sp³-hybridized carbons (Fsp3) is 0.500. The Bertz CT molecular complexity index is 426. The van der Waals surface area contributed by atoms with Gasteiger partial charge in [-0.2, -0.15) is 0 Å². The van der Waals surface area contributed by atoms with Crippen molar-refractivity contribution in [1.82, 2.24) is 5.32 Å². The maximum Gasteiger partial charge on any atom is 0.220 e. The molecule has 92 valence electrons. The van der Waals surface area contributed by atoms with Gasteiger partial charge in [-0.05, 0) is 35.4 Å². The predicted molar refractivity (Wildman–Crippen MR) is 69.9 cm³/mol. The molecule has 0 aliphatic carbocycles. The third-order valence-corrected chi connectivity index (χ3v) is 3.45. The first kappa shape index (κ1) is 12.0. The summed E-state index contributed by atoms with van der Waals surface area (Å²) >= 11 is 0. The van der Waals surface area contributed by atoms with Crippen molar-refractivity contribution < 1.29 is 4.79 Å². The van der Waals surface area contributed by atoms with E-state index < -0.39 is 0 Å². The highest BCUT2D eigenvalue weighted by atomic mass is 16.1. The maximum atomic E-state index is 11.4. The summed E-state index contributed by atoms with van der Waals surface area (Å²) in [6.07, 6.45) is 1.62. The van der Waals surface area contributed by atoms with Gasteiger partial charge in [0.25, 0.3) is 0 Å². The highest BCUT2D eigenvalue weighted by molar-refractivity contribution is 5.77. The lowest BCUT2D eigenvalue weighted by molar-refractivity contribution is -0.122. The maximum absolute atomic E-state index is 11.4. The van der Waals surface area contributed by atoms with Crippen LogP contribution in [0.5, 0.6) is 0 Å². The number of hydrogen-bond acceptors (Lipinski definition) is 2.